The monoisotopic (exact) mass is 374 g/mol. The fourth-order valence-electron chi connectivity index (χ4n) is 3.43. The number of benzene rings is 2. The highest BCUT2D eigenvalue weighted by atomic mass is 35.5. The fourth-order valence-corrected chi connectivity index (χ4v) is 3.96. The van der Waals surface area contributed by atoms with Crippen LogP contribution in [0.2, 0.25) is 10.0 Å². The number of nitrogens with zero attached hydrogens (tertiary/aromatic N) is 2. The van der Waals surface area contributed by atoms with Gasteiger partial charge in [0.2, 0.25) is 0 Å². The number of fused-ring (bicyclic) bond motifs is 2. The summed E-state index contributed by atoms with van der Waals surface area (Å²) in [7, 11) is 0. The van der Waals surface area contributed by atoms with Gasteiger partial charge in [-0.05, 0) is 44.5 Å². The maximum atomic E-state index is 6.55. The average molecular weight is 375 g/mol. The Kier molecular flexibility index (Phi) is 4.98. The van der Waals surface area contributed by atoms with Crippen LogP contribution < -0.4 is 4.74 Å². The summed E-state index contributed by atoms with van der Waals surface area (Å²) in [6.45, 7) is 4.17. The third-order valence-corrected chi connectivity index (χ3v) is 5.45. The minimum atomic E-state index is 0.577. The molecule has 0 N–H and O–H groups in total. The summed E-state index contributed by atoms with van der Waals surface area (Å²) in [6, 6.07) is 11.6. The number of rotatable bonds is 5. The molecule has 0 bridgehead atoms. The van der Waals surface area contributed by atoms with E-state index in [9.17, 15) is 0 Å². The predicted molar refractivity (Wildman–Crippen MR) is 105 cm³/mol. The van der Waals surface area contributed by atoms with Gasteiger partial charge in [-0.2, -0.15) is 0 Å². The molecule has 3 nitrogen and oxygen atoms in total. The molecule has 0 atom stereocenters. The topological polar surface area (TPSA) is 25.4 Å². The van der Waals surface area contributed by atoms with Gasteiger partial charge >= 0.3 is 0 Å². The van der Waals surface area contributed by atoms with Gasteiger partial charge in [-0.15, -0.1) is 0 Å². The first-order chi connectivity index (χ1) is 12.2. The Morgan fingerprint density at radius 1 is 1.00 bits per heavy atom. The quantitative estimate of drug-likeness (QED) is 0.431. The van der Waals surface area contributed by atoms with E-state index < -0.39 is 0 Å². The van der Waals surface area contributed by atoms with Crippen LogP contribution in [-0.4, -0.2) is 36.1 Å². The minimum Gasteiger partial charge on any atom is -0.492 e. The van der Waals surface area contributed by atoms with Crippen LogP contribution in [0.15, 0.2) is 36.4 Å². The van der Waals surface area contributed by atoms with Gasteiger partial charge in [-0.3, -0.25) is 0 Å². The molecular weight excluding hydrogens is 355 g/mol. The van der Waals surface area contributed by atoms with Gasteiger partial charge in [-0.25, -0.2) is 4.98 Å². The van der Waals surface area contributed by atoms with Gasteiger partial charge in [0.15, 0.2) is 0 Å². The van der Waals surface area contributed by atoms with E-state index in [0.717, 1.165) is 34.8 Å². The SMILES string of the molecule is Clc1cc2c(Cl)c3ccccc3nc2cc1OCCCN1CCCC1. The largest absolute Gasteiger partial charge is 0.492 e. The third-order valence-electron chi connectivity index (χ3n) is 4.74. The van der Waals surface area contributed by atoms with Crippen molar-refractivity contribution in [2.75, 3.05) is 26.2 Å². The summed E-state index contributed by atoms with van der Waals surface area (Å²) in [5.41, 5.74) is 1.69. The Hall–Kier alpha value is -1.55. The summed E-state index contributed by atoms with van der Waals surface area (Å²) in [5.74, 6) is 0.675. The Morgan fingerprint density at radius 3 is 2.64 bits per heavy atom. The normalized spacial score (nSPS) is 15.3. The smallest absolute Gasteiger partial charge is 0.140 e. The van der Waals surface area contributed by atoms with Crippen molar-refractivity contribution in [3.8, 4) is 5.75 Å². The molecule has 25 heavy (non-hydrogen) atoms. The van der Waals surface area contributed by atoms with Crippen molar-refractivity contribution < 1.29 is 4.74 Å². The van der Waals surface area contributed by atoms with Crippen LogP contribution in [-0.2, 0) is 0 Å². The molecule has 0 unspecified atom stereocenters. The van der Waals surface area contributed by atoms with E-state index >= 15 is 0 Å². The van der Waals surface area contributed by atoms with E-state index in [1.54, 1.807) is 0 Å². The molecule has 1 saturated heterocycles. The highest BCUT2D eigenvalue weighted by molar-refractivity contribution is 6.41. The second-order valence-corrected chi connectivity index (χ2v) is 7.28. The third kappa shape index (κ3) is 3.55. The van der Waals surface area contributed by atoms with Crippen molar-refractivity contribution in [3.63, 3.8) is 0 Å². The van der Waals surface area contributed by atoms with E-state index in [0.29, 0.717) is 22.4 Å². The van der Waals surface area contributed by atoms with Crippen molar-refractivity contribution in [2.24, 2.45) is 0 Å². The number of pyridine rings is 1. The van der Waals surface area contributed by atoms with Crippen LogP contribution in [0.3, 0.4) is 0 Å². The fraction of sp³-hybridized carbons (Fsp3) is 0.350. The highest BCUT2D eigenvalue weighted by Gasteiger charge is 2.13. The van der Waals surface area contributed by atoms with E-state index in [-0.39, 0.29) is 0 Å². The molecule has 1 fully saturated rings. The number of hydrogen-bond donors (Lipinski definition) is 0. The summed E-state index contributed by atoms with van der Waals surface area (Å²) in [6.07, 6.45) is 3.63. The number of likely N-dealkylation sites (tertiary alicyclic amines) is 1. The summed E-state index contributed by atoms with van der Waals surface area (Å²) < 4.78 is 5.91. The van der Waals surface area contributed by atoms with Gasteiger partial charge in [0.05, 0.1) is 27.7 Å². The number of para-hydroxylation sites is 1. The molecule has 0 amide bonds. The number of aromatic nitrogens is 1. The maximum Gasteiger partial charge on any atom is 0.140 e. The predicted octanol–water partition coefficient (Wildman–Crippen LogP) is 5.56. The van der Waals surface area contributed by atoms with E-state index in [4.69, 9.17) is 32.9 Å². The molecule has 5 heteroatoms. The van der Waals surface area contributed by atoms with Crippen molar-refractivity contribution >= 4 is 45.0 Å². The first-order valence-electron chi connectivity index (χ1n) is 8.75. The Morgan fingerprint density at radius 2 is 1.80 bits per heavy atom. The number of ether oxygens (including phenoxy) is 1. The summed E-state index contributed by atoms with van der Waals surface area (Å²) >= 11 is 13.0. The van der Waals surface area contributed by atoms with E-state index in [2.05, 4.69) is 4.90 Å². The number of hydrogen-bond acceptors (Lipinski definition) is 3. The molecule has 0 spiro atoms. The van der Waals surface area contributed by atoms with Crippen molar-refractivity contribution in [3.05, 3.63) is 46.4 Å². The minimum absolute atomic E-state index is 0.577. The Bertz CT molecular complexity index is 907. The molecular formula is C20H20Cl2N2O. The first-order valence-corrected chi connectivity index (χ1v) is 9.50. The van der Waals surface area contributed by atoms with Crippen molar-refractivity contribution in [2.45, 2.75) is 19.3 Å². The van der Waals surface area contributed by atoms with Gasteiger partial charge in [0.1, 0.15) is 5.75 Å². The molecule has 2 heterocycles. The Balaban J connectivity index is 1.55. The molecule has 1 aliphatic heterocycles. The number of halogens is 2. The lowest BCUT2D eigenvalue weighted by molar-refractivity contribution is 0.263. The van der Waals surface area contributed by atoms with Crippen LogP contribution in [0.4, 0.5) is 0 Å². The van der Waals surface area contributed by atoms with Gasteiger partial charge in [0.25, 0.3) is 0 Å². The van der Waals surface area contributed by atoms with Crippen molar-refractivity contribution in [1.29, 1.82) is 0 Å². The summed E-state index contributed by atoms with van der Waals surface area (Å²) in [5, 5.41) is 3.05. The molecule has 0 saturated carbocycles. The van der Waals surface area contributed by atoms with Crippen LogP contribution in [0, 0.1) is 0 Å². The molecule has 0 aliphatic carbocycles. The van der Waals surface area contributed by atoms with E-state index in [1.807, 2.05) is 36.4 Å². The van der Waals surface area contributed by atoms with Crippen LogP contribution in [0.1, 0.15) is 19.3 Å². The van der Waals surface area contributed by atoms with Crippen LogP contribution >= 0.6 is 23.2 Å². The zero-order valence-electron chi connectivity index (χ0n) is 14.0. The maximum absolute atomic E-state index is 6.55. The lowest BCUT2D eigenvalue weighted by Crippen LogP contribution is -2.21. The lowest BCUT2D eigenvalue weighted by atomic mass is 10.1. The summed E-state index contributed by atoms with van der Waals surface area (Å²) in [4.78, 5) is 7.19. The lowest BCUT2D eigenvalue weighted by Gasteiger charge is -2.15. The molecule has 0 radical (unpaired) electrons. The molecule has 3 aromatic rings. The van der Waals surface area contributed by atoms with E-state index in [1.165, 1.54) is 25.9 Å². The second-order valence-electron chi connectivity index (χ2n) is 6.49. The molecule has 1 aliphatic rings. The highest BCUT2D eigenvalue weighted by Crippen LogP contribution is 2.36. The van der Waals surface area contributed by atoms with Gasteiger partial charge in [0, 0.05) is 23.4 Å². The van der Waals surface area contributed by atoms with Crippen LogP contribution in [0.5, 0.6) is 5.75 Å². The molecule has 4 rings (SSSR count). The Labute approximate surface area is 157 Å². The molecule has 1 aromatic heterocycles. The van der Waals surface area contributed by atoms with Crippen molar-refractivity contribution in [1.82, 2.24) is 9.88 Å². The van der Waals surface area contributed by atoms with Gasteiger partial charge < -0.3 is 9.64 Å². The molecule has 130 valence electrons. The standard InChI is InChI=1S/C20H20Cl2N2O/c21-16-12-15-18(23-17-7-2-1-6-14(17)20(15)22)13-19(16)25-11-5-10-24-8-3-4-9-24/h1-2,6-7,12-13H,3-5,8-11H2. The van der Waals surface area contributed by atoms with Crippen LogP contribution in [0.25, 0.3) is 21.8 Å². The zero-order valence-corrected chi connectivity index (χ0v) is 15.5. The molecule has 2 aromatic carbocycles. The van der Waals surface area contributed by atoms with Gasteiger partial charge in [-0.1, -0.05) is 41.4 Å². The zero-order chi connectivity index (χ0) is 17.2. The average Bonchev–Trinajstić information content (AvgIpc) is 3.13. The second kappa shape index (κ2) is 7.36. The first kappa shape index (κ1) is 16.9.